The van der Waals surface area contributed by atoms with Gasteiger partial charge >= 0.3 is 0 Å². The number of amides is 1. The maximum Gasteiger partial charge on any atom is 0.254 e. The lowest BCUT2D eigenvalue weighted by molar-refractivity contribution is 0.0680. The number of carbonyl (C=O) groups excluding carboxylic acids is 1. The molecule has 4 rings (SSSR count). The molecule has 2 aromatic rings. The van der Waals surface area contributed by atoms with Crippen LogP contribution in [0.15, 0.2) is 48.5 Å². The van der Waals surface area contributed by atoms with Gasteiger partial charge in [-0.15, -0.1) is 12.4 Å². The van der Waals surface area contributed by atoms with Crippen molar-refractivity contribution in [3.8, 4) is 5.75 Å². The van der Waals surface area contributed by atoms with E-state index in [9.17, 15) is 4.79 Å². The minimum absolute atomic E-state index is 0. The zero-order valence-electron chi connectivity index (χ0n) is 15.1. The molecule has 0 aromatic heterocycles. The summed E-state index contributed by atoms with van der Waals surface area (Å²) in [5.41, 5.74) is 1.71. The van der Waals surface area contributed by atoms with Crippen molar-refractivity contribution in [1.82, 2.24) is 10.2 Å². The normalized spacial score (nSPS) is 21.3. The van der Waals surface area contributed by atoms with E-state index in [0.29, 0.717) is 35.0 Å². The lowest BCUT2D eigenvalue weighted by Crippen LogP contribution is -2.42. The van der Waals surface area contributed by atoms with Crippen LogP contribution in [0.5, 0.6) is 5.75 Å². The van der Waals surface area contributed by atoms with E-state index in [-0.39, 0.29) is 18.3 Å². The smallest absolute Gasteiger partial charge is 0.254 e. The monoisotopic (exact) mass is 406 g/mol. The van der Waals surface area contributed by atoms with E-state index in [1.807, 2.05) is 48.5 Å². The molecule has 2 unspecified atom stereocenters. The number of nitrogens with zero attached hydrogens (tertiary/aromatic N) is 1. The van der Waals surface area contributed by atoms with E-state index < -0.39 is 0 Å². The number of carbonyl (C=O) groups is 1. The fourth-order valence-electron chi connectivity index (χ4n) is 3.98. The number of fused-ring (bicyclic) bond motifs is 2. The number of halogens is 2. The first kappa shape index (κ1) is 20.0. The number of hydrogen-bond donors (Lipinski definition) is 1. The number of rotatable bonds is 4. The van der Waals surface area contributed by atoms with Gasteiger partial charge in [0.15, 0.2) is 0 Å². The minimum Gasteiger partial charge on any atom is -0.489 e. The molecule has 27 heavy (non-hydrogen) atoms. The lowest BCUT2D eigenvalue weighted by Gasteiger charge is -2.28. The first-order valence-corrected chi connectivity index (χ1v) is 9.59. The molecule has 4 nitrogen and oxygen atoms in total. The molecule has 2 aliphatic heterocycles. The lowest BCUT2D eigenvalue weighted by atomic mass is 10.1. The number of nitrogens with one attached hydrogen (secondary N) is 1. The highest BCUT2D eigenvalue weighted by Crippen LogP contribution is 2.30. The molecule has 0 saturated carbocycles. The second-order valence-corrected chi connectivity index (χ2v) is 7.47. The Kier molecular flexibility index (Phi) is 6.64. The van der Waals surface area contributed by atoms with Gasteiger partial charge in [-0.25, -0.2) is 0 Å². The van der Waals surface area contributed by atoms with Crippen LogP contribution in [-0.4, -0.2) is 36.0 Å². The average Bonchev–Trinajstić information content (AvgIpc) is 2.92. The van der Waals surface area contributed by atoms with Crippen molar-refractivity contribution >= 4 is 29.9 Å². The van der Waals surface area contributed by atoms with E-state index in [4.69, 9.17) is 16.3 Å². The largest absolute Gasteiger partial charge is 0.489 e. The van der Waals surface area contributed by atoms with Gasteiger partial charge in [0.2, 0.25) is 0 Å². The Hall–Kier alpha value is -1.75. The average molecular weight is 407 g/mol. The van der Waals surface area contributed by atoms with E-state index in [2.05, 4.69) is 10.2 Å². The maximum atomic E-state index is 13.1. The van der Waals surface area contributed by atoms with Crippen molar-refractivity contribution in [3.05, 3.63) is 64.7 Å². The van der Waals surface area contributed by atoms with E-state index >= 15 is 0 Å². The van der Waals surface area contributed by atoms with Crippen molar-refractivity contribution in [2.75, 3.05) is 13.1 Å². The van der Waals surface area contributed by atoms with Crippen LogP contribution < -0.4 is 10.1 Å². The molecule has 2 heterocycles. The fourth-order valence-corrected chi connectivity index (χ4v) is 4.19. The third-order valence-corrected chi connectivity index (χ3v) is 5.50. The summed E-state index contributed by atoms with van der Waals surface area (Å²) in [5, 5.41) is 4.13. The van der Waals surface area contributed by atoms with Crippen molar-refractivity contribution in [1.29, 1.82) is 0 Å². The van der Waals surface area contributed by atoms with Crippen LogP contribution in [0.1, 0.15) is 35.2 Å². The first-order valence-electron chi connectivity index (χ1n) is 9.21. The van der Waals surface area contributed by atoms with Gasteiger partial charge in [0.05, 0.1) is 0 Å². The highest BCUT2D eigenvalue weighted by atomic mass is 35.5. The molecular weight excluding hydrogens is 383 g/mol. The molecule has 2 fully saturated rings. The highest BCUT2D eigenvalue weighted by molar-refractivity contribution is 6.30. The topological polar surface area (TPSA) is 41.6 Å². The molecule has 1 N–H and O–H groups in total. The zero-order valence-corrected chi connectivity index (χ0v) is 16.6. The molecule has 2 aliphatic rings. The molecule has 2 bridgehead atoms. The van der Waals surface area contributed by atoms with Gasteiger partial charge in [-0.1, -0.05) is 29.8 Å². The Morgan fingerprint density at radius 2 is 1.93 bits per heavy atom. The number of ether oxygens (including phenoxy) is 1. The molecule has 0 radical (unpaired) electrons. The second kappa shape index (κ2) is 8.96. The van der Waals surface area contributed by atoms with Crippen molar-refractivity contribution in [2.24, 2.45) is 0 Å². The van der Waals surface area contributed by atoms with Crippen LogP contribution in [-0.2, 0) is 6.61 Å². The summed E-state index contributed by atoms with van der Waals surface area (Å²) in [6.07, 6.45) is 3.24. The molecule has 6 heteroatoms. The molecular formula is C21H24Cl2N2O2. The van der Waals surface area contributed by atoms with Crippen LogP contribution in [0, 0.1) is 0 Å². The summed E-state index contributed by atoms with van der Waals surface area (Å²) >= 11 is 6.02. The van der Waals surface area contributed by atoms with E-state index in [1.165, 1.54) is 0 Å². The van der Waals surface area contributed by atoms with Crippen molar-refractivity contribution in [2.45, 2.75) is 38.0 Å². The molecule has 0 aliphatic carbocycles. The summed E-state index contributed by atoms with van der Waals surface area (Å²) in [5.74, 6) is 0.825. The highest BCUT2D eigenvalue weighted by Gasteiger charge is 2.38. The van der Waals surface area contributed by atoms with Gasteiger partial charge in [-0.2, -0.15) is 0 Å². The Balaban J connectivity index is 0.00000210. The SMILES string of the molecule is Cl.O=C(c1cccc(OCc2cccc(Cl)c2)c1)N1C2CCNCC1CC2. The Morgan fingerprint density at radius 1 is 1.11 bits per heavy atom. The van der Waals surface area contributed by atoms with Gasteiger partial charge in [0.25, 0.3) is 5.91 Å². The predicted octanol–water partition coefficient (Wildman–Crippen LogP) is 4.31. The molecule has 2 aromatic carbocycles. The second-order valence-electron chi connectivity index (χ2n) is 7.04. The van der Waals surface area contributed by atoms with E-state index in [0.717, 1.165) is 37.9 Å². The van der Waals surface area contributed by atoms with Gasteiger partial charge < -0.3 is 15.0 Å². The number of benzene rings is 2. The molecule has 2 saturated heterocycles. The summed E-state index contributed by atoms with van der Waals surface area (Å²) in [6.45, 7) is 2.32. The van der Waals surface area contributed by atoms with Crippen LogP contribution in [0.3, 0.4) is 0 Å². The standard InChI is InChI=1S/C21H23ClN2O2.ClH/c22-17-5-1-3-15(11-17)14-26-20-6-2-4-16(12-20)21(25)24-18-7-8-19(24)13-23-10-9-18;/h1-6,11-12,18-19,23H,7-10,13-14H2;1H. The van der Waals surface area contributed by atoms with Crippen molar-refractivity contribution < 1.29 is 9.53 Å². The molecule has 1 amide bonds. The third kappa shape index (κ3) is 4.57. The molecule has 144 valence electrons. The Labute approximate surface area is 171 Å². The molecule has 0 spiro atoms. The number of hydrogen-bond acceptors (Lipinski definition) is 3. The predicted molar refractivity (Wildman–Crippen MR) is 110 cm³/mol. The van der Waals surface area contributed by atoms with Crippen LogP contribution in [0.4, 0.5) is 0 Å². The first-order chi connectivity index (χ1) is 12.7. The van der Waals surface area contributed by atoms with Gasteiger partial charge in [-0.3, -0.25) is 4.79 Å². The summed E-state index contributed by atoms with van der Waals surface area (Å²) in [7, 11) is 0. The molecule has 2 atom stereocenters. The maximum absolute atomic E-state index is 13.1. The van der Waals surface area contributed by atoms with Gasteiger partial charge in [-0.05, 0) is 61.7 Å². The Morgan fingerprint density at radius 3 is 2.78 bits per heavy atom. The Bertz CT molecular complexity index is 785. The van der Waals surface area contributed by atoms with Crippen molar-refractivity contribution in [3.63, 3.8) is 0 Å². The van der Waals surface area contributed by atoms with Gasteiger partial charge in [0, 0.05) is 29.2 Å². The third-order valence-electron chi connectivity index (χ3n) is 5.26. The fraction of sp³-hybridized carbons (Fsp3) is 0.381. The van der Waals surface area contributed by atoms with Crippen LogP contribution in [0.25, 0.3) is 0 Å². The van der Waals surface area contributed by atoms with Crippen LogP contribution in [0.2, 0.25) is 5.02 Å². The summed E-state index contributed by atoms with van der Waals surface area (Å²) in [4.78, 5) is 15.2. The van der Waals surface area contributed by atoms with E-state index in [1.54, 1.807) is 0 Å². The summed E-state index contributed by atoms with van der Waals surface area (Å²) < 4.78 is 5.88. The summed E-state index contributed by atoms with van der Waals surface area (Å²) in [6, 6.07) is 15.8. The van der Waals surface area contributed by atoms with Crippen LogP contribution >= 0.6 is 24.0 Å². The van der Waals surface area contributed by atoms with Gasteiger partial charge in [0.1, 0.15) is 12.4 Å². The minimum atomic E-state index is 0. The zero-order chi connectivity index (χ0) is 17.9. The quantitative estimate of drug-likeness (QED) is 0.822.